The molecular weight excluding hydrogens is 300 g/mol. The third kappa shape index (κ3) is 3.60. The summed E-state index contributed by atoms with van der Waals surface area (Å²) >= 11 is 0. The van der Waals surface area contributed by atoms with Gasteiger partial charge in [0.05, 0.1) is 12.1 Å². The Balaban J connectivity index is 0.00000176. The summed E-state index contributed by atoms with van der Waals surface area (Å²) in [6.07, 6.45) is 6.18. The maximum atomic E-state index is 4.39. The fourth-order valence-corrected chi connectivity index (χ4v) is 3.82. The van der Waals surface area contributed by atoms with Crippen molar-refractivity contribution in [3.05, 3.63) is 5.82 Å². The zero-order valence-corrected chi connectivity index (χ0v) is 14.6. The van der Waals surface area contributed by atoms with Crippen molar-refractivity contribution in [2.45, 2.75) is 58.0 Å². The summed E-state index contributed by atoms with van der Waals surface area (Å²) in [6.45, 7) is 10.2. The molecular formula is C15H29ClN6. The van der Waals surface area contributed by atoms with Crippen molar-refractivity contribution in [3.8, 4) is 0 Å². The fourth-order valence-electron chi connectivity index (χ4n) is 3.82. The monoisotopic (exact) mass is 328 g/mol. The Morgan fingerprint density at radius 1 is 1.09 bits per heavy atom. The molecule has 2 aliphatic rings. The van der Waals surface area contributed by atoms with E-state index in [1.165, 1.54) is 25.7 Å². The van der Waals surface area contributed by atoms with Gasteiger partial charge in [-0.05, 0) is 36.2 Å². The van der Waals surface area contributed by atoms with Gasteiger partial charge in [-0.3, -0.25) is 4.90 Å². The average Bonchev–Trinajstić information content (AvgIpc) is 3.19. The van der Waals surface area contributed by atoms with Gasteiger partial charge in [0.15, 0.2) is 5.82 Å². The Kier molecular flexibility index (Phi) is 6.59. The van der Waals surface area contributed by atoms with E-state index in [0.29, 0.717) is 12.1 Å². The summed E-state index contributed by atoms with van der Waals surface area (Å²) in [4.78, 5) is 5.09. The first kappa shape index (κ1) is 17.6. The molecule has 0 radical (unpaired) electrons. The highest BCUT2D eigenvalue weighted by Gasteiger charge is 2.30. The van der Waals surface area contributed by atoms with Gasteiger partial charge >= 0.3 is 0 Å². The maximum absolute atomic E-state index is 4.39. The zero-order valence-electron chi connectivity index (χ0n) is 13.8. The van der Waals surface area contributed by atoms with Crippen LogP contribution in [0.1, 0.15) is 63.9 Å². The molecule has 1 saturated heterocycles. The van der Waals surface area contributed by atoms with Crippen LogP contribution in [0.3, 0.4) is 0 Å². The van der Waals surface area contributed by atoms with Crippen molar-refractivity contribution < 1.29 is 0 Å². The van der Waals surface area contributed by atoms with E-state index in [9.17, 15) is 0 Å². The molecule has 1 aromatic rings. The smallest absolute Gasteiger partial charge is 0.168 e. The number of nitrogens with zero attached hydrogens (tertiary/aromatic N) is 6. The molecule has 0 aromatic carbocycles. The molecule has 1 aromatic heterocycles. The first-order chi connectivity index (χ1) is 10.3. The highest BCUT2D eigenvalue weighted by Crippen LogP contribution is 2.32. The van der Waals surface area contributed by atoms with Gasteiger partial charge in [0, 0.05) is 26.2 Å². The molecule has 1 atom stereocenters. The fraction of sp³-hybridized carbons (Fsp3) is 0.933. The van der Waals surface area contributed by atoms with E-state index in [-0.39, 0.29) is 12.4 Å². The molecule has 0 N–H and O–H groups in total. The van der Waals surface area contributed by atoms with E-state index < -0.39 is 0 Å². The molecule has 0 amide bonds. The second-order valence-corrected chi connectivity index (χ2v) is 6.31. The molecule has 0 bridgehead atoms. The third-order valence-corrected chi connectivity index (χ3v) is 5.17. The Hall–Kier alpha value is -0.720. The molecule has 1 saturated carbocycles. The van der Waals surface area contributed by atoms with Crippen LogP contribution >= 0.6 is 12.4 Å². The predicted molar refractivity (Wildman–Crippen MR) is 89.3 cm³/mol. The van der Waals surface area contributed by atoms with Crippen LogP contribution in [-0.4, -0.2) is 62.7 Å². The second kappa shape index (κ2) is 8.22. The summed E-state index contributed by atoms with van der Waals surface area (Å²) in [5.74, 6) is 1.09. The number of aromatic nitrogens is 4. The van der Waals surface area contributed by atoms with Crippen molar-refractivity contribution >= 4 is 12.4 Å². The normalized spacial score (nSPS) is 22.6. The number of tetrazole rings is 1. The van der Waals surface area contributed by atoms with Crippen LogP contribution in [-0.2, 0) is 0 Å². The minimum atomic E-state index is 0. The van der Waals surface area contributed by atoms with E-state index >= 15 is 0 Å². The molecule has 126 valence electrons. The van der Waals surface area contributed by atoms with Crippen molar-refractivity contribution in [3.63, 3.8) is 0 Å². The number of halogens is 1. The number of likely N-dealkylation sites (N-methyl/N-ethyl adjacent to an activating group) is 1. The molecule has 1 aliphatic carbocycles. The van der Waals surface area contributed by atoms with Crippen LogP contribution in [0.4, 0.5) is 0 Å². The summed E-state index contributed by atoms with van der Waals surface area (Å²) < 4.78 is 2.13. The molecule has 2 fully saturated rings. The van der Waals surface area contributed by atoms with Gasteiger partial charge in [0.1, 0.15) is 0 Å². The lowest BCUT2D eigenvalue weighted by molar-refractivity contribution is 0.0903. The van der Waals surface area contributed by atoms with E-state index in [4.69, 9.17) is 0 Å². The second-order valence-electron chi connectivity index (χ2n) is 6.31. The van der Waals surface area contributed by atoms with Crippen LogP contribution in [0.5, 0.6) is 0 Å². The third-order valence-electron chi connectivity index (χ3n) is 5.17. The SMILES string of the molecule is CCC(c1nnnn1C1CCCC1)N1CCN(CC)CC1.Cl. The molecule has 6 nitrogen and oxygen atoms in total. The molecule has 2 heterocycles. The van der Waals surface area contributed by atoms with Crippen LogP contribution in [0, 0.1) is 0 Å². The zero-order chi connectivity index (χ0) is 14.7. The Bertz CT molecular complexity index is 437. The highest BCUT2D eigenvalue weighted by atomic mass is 35.5. The minimum Gasteiger partial charge on any atom is -0.301 e. The Labute approximate surface area is 139 Å². The lowest BCUT2D eigenvalue weighted by Crippen LogP contribution is -2.47. The van der Waals surface area contributed by atoms with Crippen LogP contribution < -0.4 is 0 Å². The number of rotatable bonds is 5. The van der Waals surface area contributed by atoms with Gasteiger partial charge in [0.2, 0.25) is 0 Å². The van der Waals surface area contributed by atoms with Gasteiger partial charge in [-0.2, -0.15) is 0 Å². The summed E-state index contributed by atoms with van der Waals surface area (Å²) in [6, 6.07) is 0.903. The molecule has 22 heavy (non-hydrogen) atoms. The van der Waals surface area contributed by atoms with E-state index in [0.717, 1.165) is 45.0 Å². The van der Waals surface area contributed by atoms with E-state index in [1.54, 1.807) is 0 Å². The van der Waals surface area contributed by atoms with Crippen LogP contribution in [0.15, 0.2) is 0 Å². The van der Waals surface area contributed by atoms with E-state index in [1.807, 2.05) is 0 Å². The van der Waals surface area contributed by atoms with Crippen LogP contribution in [0.2, 0.25) is 0 Å². The van der Waals surface area contributed by atoms with Gasteiger partial charge in [-0.25, -0.2) is 4.68 Å². The maximum Gasteiger partial charge on any atom is 0.168 e. The topological polar surface area (TPSA) is 50.1 Å². The number of hydrogen-bond donors (Lipinski definition) is 0. The summed E-state index contributed by atoms with van der Waals surface area (Å²) in [5, 5.41) is 12.7. The van der Waals surface area contributed by atoms with Gasteiger partial charge in [-0.15, -0.1) is 17.5 Å². The predicted octanol–water partition coefficient (Wildman–Crippen LogP) is 2.30. The number of piperazine rings is 1. The van der Waals surface area contributed by atoms with Crippen molar-refractivity contribution in [2.24, 2.45) is 0 Å². The molecule has 1 unspecified atom stereocenters. The Morgan fingerprint density at radius 2 is 1.77 bits per heavy atom. The van der Waals surface area contributed by atoms with E-state index in [2.05, 4.69) is 43.9 Å². The standard InChI is InChI=1S/C15H28N6.ClH/c1-3-14(20-11-9-19(4-2)10-12-20)15-16-17-18-21(15)13-7-5-6-8-13;/h13-14H,3-12H2,1-2H3;1H. The lowest BCUT2D eigenvalue weighted by atomic mass is 10.1. The Morgan fingerprint density at radius 3 is 2.36 bits per heavy atom. The molecule has 3 rings (SSSR count). The van der Waals surface area contributed by atoms with Crippen molar-refractivity contribution in [1.29, 1.82) is 0 Å². The quantitative estimate of drug-likeness (QED) is 0.830. The molecule has 7 heteroatoms. The van der Waals surface area contributed by atoms with Gasteiger partial charge < -0.3 is 4.90 Å². The first-order valence-electron chi connectivity index (χ1n) is 8.57. The summed E-state index contributed by atoms with van der Waals surface area (Å²) in [5.41, 5.74) is 0. The minimum absolute atomic E-state index is 0. The van der Waals surface area contributed by atoms with Crippen molar-refractivity contribution in [1.82, 2.24) is 30.0 Å². The van der Waals surface area contributed by atoms with Gasteiger partial charge in [-0.1, -0.05) is 26.7 Å². The van der Waals surface area contributed by atoms with Crippen LogP contribution in [0.25, 0.3) is 0 Å². The highest BCUT2D eigenvalue weighted by molar-refractivity contribution is 5.85. The lowest BCUT2D eigenvalue weighted by Gasteiger charge is -2.38. The number of hydrogen-bond acceptors (Lipinski definition) is 5. The average molecular weight is 329 g/mol. The van der Waals surface area contributed by atoms with Gasteiger partial charge in [0.25, 0.3) is 0 Å². The first-order valence-corrected chi connectivity index (χ1v) is 8.57. The van der Waals surface area contributed by atoms with Crippen molar-refractivity contribution in [2.75, 3.05) is 32.7 Å². The molecule has 1 aliphatic heterocycles. The summed E-state index contributed by atoms with van der Waals surface area (Å²) in [7, 11) is 0. The molecule has 0 spiro atoms. The largest absolute Gasteiger partial charge is 0.301 e.